The van der Waals surface area contributed by atoms with Crippen molar-refractivity contribution in [2.75, 3.05) is 0 Å². The predicted octanol–water partition coefficient (Wildman–Crippen LogP) is 12.5. The molecule has 0 heterocycles. The van der Waals surface area contributed by atoms with Gasteiger partial charge >= 0.3 is 5.97 Å². The molecule has 0 aliphatic rings. The molecule has 0 saturated heterocycles. The lowest BCUT2D eigenvalue weighted by atomic mass is 10.1. The van der Waals surface area contributed by atoms with E-state index in [0.717, 1.165) is 0 Å². The quantitative estimate of drug-likeness (QED) is 0.0539. The van der Waals surface area contributed by atoms with Crippen LogP contribution in [0.4, 0.5) is 0 Å². The molecule has 0 fully saturated rings. The van der Waals surface area contributed by atoms with Gasteiger partial charge in [0.15, 0.2) is 0 Å². The molecule has 0 spiro atoms. The SMILES string of the molecule is C=C(C)C(=O)O[Si](CCCCCCCCCC)(CCCCCCCCCC)CCCCCCCCCC. The standard InChI is InChI=1S/C34H68O2Si/c1-6-9-12-15-18-21-24-27-30-37(36-34(35)33(4)5,31-28-25-22-19-16-13-10-7-2)32-29-26-23-20-17-14-11-8-3/h4,6-32H2,1-3,5H3. The van der Waals surface area contributed by atoms with Gasteiger partial charge in [-0.15, -0.1) is 0 Å². The molecule has 0 unspecified atom stereocenters. The van der Waals surface area contributed by atoms with Crippen LogP contribution in [0.1, 0.15) is 182 Å². The van der Waals surface area contributed by atoms with Gasteiger partial charge in [0.25, 0.3) is 8.32 Å². The second kappa shape index (κ2) is 27.0. The molecule has 3 heteroatoms. The maximum atomic E-state index is 12.8. The lowest BCUT2D eigenvalue weighted by molar-refractivity contribution is -0.131. The molecule has 0 aliphatic carbocycles. The molecular formula is C34H68O2Si. The average Bonchev–Trinajstić information content (AvgIpc) is 2.88. The van der Waals surface area contributed by atoms with Crippen molar-refractivity contribution in [2.45, 2.75) is 200 Å². The van der Waals surface area contributed by atoms with Gasteiger partial charge in [0.1, 0.15) is 0 Å². The topological polar surface area (TPSA) is 26.3 Å². The van der Waals surface area contributed by atoms with Crippen LogP contribution in [0.5, 0.6) is 0 Å². The Hall–Kier alpha value is -0.573. The predicted molar refractivity (Wildman–Crippen MR) is 169 cm³/mol. The highest BCUT2D eigenvalue weighted by atomic mass is 28.4. The highest BCUT2D eigenvalue weighted by molar-refractivity contribution is 6.75. The van der Waals surface area contributed by atoms with E-state index < -0.39 is 8.32 Å². The first kappa shape index (κ1) is 36.4. The van der Waals surface area contributed by atoms with E-state index in [1.54, 1.807) is 0 Å². The van der Waals surface area contributed by atoms with Gasteiger partial charge in [-0.3, -0.25) is 0 Å². The van der Waals surface area contributed by atoms with Crippen LogP contribution < -0.4 is 0 Å². The van der Waals surface area contributed by atoms with E-state index >= 15 is 0 Å². The van der Waals surface area contributed by atoms with Crippen LogP contribution in [0.25, 0.3) is 0 Å². The van der Waals surface area contributed by atoms with Crippen LogP contribution in [0, 0.1) is 0 Å². The Morgan fingerprint density at radius 3 is 0.973 bits per heavy atom. The summed E-state index contributed by atoms with van der Waals surface area (Å²) >= 11 is 0. The van der Waals surface area contributed by atoms with Gasteiger partial charge in [0, 0.05) is 5.57 Å². The van der Waals surface area contributed by atoms with Gasteiger partial charge < -0.3 is 4.43 Å². The zero-order valence-electron chi connectivity index (χ0n) is 26.1. The van der Waals surface area contributed by atoms with Gasteiger partial charge in [0.05, 0.1) is 0 Å². The van der Waals surface area contributed by atoms with E-state index in [4.69, 9.17) is 4.43 Å². The molecule has 0 amide bonds. The normalized spacial score (nSPS) is 11.7. The van der Waals surface area contributed by atoms with Crippen molar-refractivity contribution < 1.29 is 9.22 Å². The Labute approximate surface area is 235 Å². The molecule has 0 aromatic heterocycles. The number of hydrogen-bond acceptors (Lipinski definition) is 2. The monoisotopic (exact) mass is 536 g/mol. The Morgan fingerprint density at radius 2 is 0.730 bits per heavy atom. The molecule has 37 heavy (non-hydrogen) atoms. The summed E-state index contributed by atoms with van der Waals surface area (Å²) < 4.78 is 6.48. The van der Waals surface area contributed by atoms with Gasteiger partial charge in [-0.25, -0.2) is 4.79 Å². The number of hydrogen-bond donors (Lipinski definition) is 0. The van der Waals surface area contributed by atoms with Crippen molar-refractivity contribution in [3.8, 4) is 0 Å². The minimum Gasteiger partial charge on any atom is -0.516 e. The fourth-order valence-electron chi connectivity index (χ4n) is 5.56. The Bertz CT molecular complexity index is 466. The van der Waals surface area contributed by atoms with Crippen LogP contribution in [0.3, 0.4) is 0 Å². The summed E-state index contributed by atoms with van der Waals surface area (Å²) in [6.07, 6.45) is 32.2. The molecule has 0 aromatic rings. The summed E-state index contributed by atoms with van der Waals surface area (Å²) in [7, 11) is -2.08. The molecule has 0 aliphatic heterocycles. The van der Waals surface area contributed by atoms with E-state index in [1.165, 1.54) is 172 Å². The molecule has 0 atom stereocenters. The minimum atomic E-state index is -2.08. The summed E-state index contributed by atoms with van der Waals surface area (Å²) in [5.74, 6) is -0.106. The van der Waals surface area contributed by atoms with Crippen molar-refractivity contribution >= 4 is 14.3 Å². The third-order valence-electron chi connectivity index (χ3n) is 8.12. The third kappa shape index (κ3) is 23.1. The van der Waals surface area contributed by atoms with E-state index in [1.807, 2.05) is 6.92 Å². The molecule has 0 radical (unpaired) electrons. The lowest BCUT2D eigenvalue weighted by Crippen LogP contribution is -2.40. The summed E-state index contributed by atoms with van der Waals surface area (Å²) in [6.45, 7) is 12.6. The lowest BCUT2D eigenvalue weighted by Gasteiger charge is -2.32. The fourth-order valence-corrected chi connectivity index (χ4v) is 9.86. The van der Waals surface area contributed by atoms with E-state index in [-0.39, 0.29) is 5.97 Å². The highest BCUT2D eigenvalue weighted by Gasteiger charge is 2.37. The number of rotatable bonds is 29. The van der Waals surface area contributed by atoms with Crippen LogP contribution >= 0.6 is 0 Å². The average molecular weight is 537 g/mol. The maximum Gasteiger partial charge on any atom is 0.319 e. The van der Waals surface area contributed by atoms with Crippen molar-refractivity contribution in [1.29, 1.82) is 0 Å². The van der Waals surface area contributed by atoms with Gasteiger partial charge in [-0.2, -0.15) is 0 Å². The van der Waals surface area contributed by atoms with Crippen molar-refractivity contribution in [1.82, 2.24) is 0 Å². The summed E-state index contributed by atoms with van der Waals surface area (Å²) in [5, 5.41) is 0. The minimum absolute atomic E-state index is 0.106. The second-order valence-electron chi connectivity index (χ2n) is 12.0. The van der Waals surface area contributed by atoms with E-state index in [2.05, 4.69) is 27.4 Å². The smallest absolute Gasteiger partial charge is 0.319 e. The summed E-state index contributed by atoms with van der Waals surface area (Å²) in [4.78, 5) is 12.8. The summed E-state index contributed by atoms with van der Waals surface area (Å²) in [6, 6.07) is 3.52. The zero-order valence-corrected chi connectivity index (χ0v) is 27.1. The largest absolute Gasteiger partial charge is 0.516 e. The Balaban J connectivity index is 4.83. The van der Waals surface area contributed by atoms with Crippen LogP contribution in [0.2, 0.25) is 18.1 Å². The molecule has 0 aromatic carbocycles. The van der Waals surface area contributed by atoms with Gasteiger partial charge in [-0.1, -0.05) is 181 Å². The van der Waals surface area contributed by atoms with Crippen LogP contribution in [-0.4, -0.2) is 14.3 Å². The van der Waals surface area contributed by atoms with Crippen LogP contribution in [0.15, 0.2) is 12.2 Å². The van der Waals surface area contributed by atoms with Gasteiger partial charge in [-0.05, 0) is 25.1 Å². The first-order valence-corrected chi connectivity index (χ1v) is 19.4. The number of carbonyl (C=O) groups is 1. The number of carbonyl (C=O) groups excluding carboxylic acids is 1. The first-order valence-electron chi connectivity index (χ1n) is 16.9. The molecule has 0 rings (SSSR count). The van der Waals surface area contributed by atoms with Crippen molar-refractivity contribution in [2.24, 2.45) is 0 Å². The maximum absolute atomic E-state index is 12.8. The zero-order chi connectivity index (χ0) is 27.5. The van der Waals surface area contributed by atoms with Crippen LogP contribution in [-0.2, 0) is 9.22 Å². The van der Waals surface area contributed by atoms with Crippen molar-refractivity contribution in [3.63, 3.8) is 0 Å². The molecule has 2 nitrogen and oxygen atoms in total. The Morgan fingerprint density at radius 1 is 0.486 bits per heavy atom. The second-order valence-corrected chi connectivity index (χ2v) is 16.1. The molecule has 0 saturated carbocycles. The van der Waals surface area contributed by atoms with E-state index in [0.29, 0.717) is 5.57 Å². The first-order chi connectivity index (χ1) is 18.0. The Kier molecular flexibility index (Phi) is 26.6. The van der Waals surface area contributed by atoms with E-state index in [9.17, 15) is 4.79 Å². The fraction of sp³-hybridized carbons (Fsp3) is 0.912. The molecule has 220 valence electrons. The molecule has 0 bridgehead atoms. The number of unbranched alkanes of at least 4 members (excludes halogenated alkanes) is 21. The molecule has 0 N–H and O–H groups in total. The molecular weight excluding hydrogens is 468 g/mol. The highest BCUT2D eigenvalue weighted by Crippen LogP contribution is 2.32. The third-order valence-corrected chi connectivity index (χ3v) is 12.5. The van der Waals surface area contributed by atoms with Gasteiger partial charge in [0.2, 0.25) is 0 Å². The summed E-state index contributed by atoms with van der Waals surface area (Å²) in [5.41, 5.74) is 0.583. The van der Waals surface area contributed by atoms with Crippen molar-refractivity contribution in [3.05, 3.63) is 12.2 Å².